The average molecular weight is 239 g/mol. The molecule has 17 heavy (non-hydrogen) atoms. The maximum absolute atomic E-state index is 4.64. The van der Waals surface area contributed by atoms with Gasteiger partial charge in [-0.05, 0) is 30.7 Å². The third-order valence-electron chi connectivity index (χ3n) is 3.11. The number of rotatable bonds is 1. The minimum absolute atomic E-state index is 1.01. The summed E-state index contributed by atoms with van der Waals surface area (Å²) in [6.45, 7) is 2.12. The van der Waals surface area contributed by atoms with Gasteiger partial charge >= 0.3 is 0 Å². The quantitative estimate of drug-likeness (QED) is 0.606. The molecule has 1 heterocycles. The van der Waals surface area contributed by atoms with Crippen LogP contribution < -0.4 is 0 Å². The van der Waals surface area contributed by atoms with Crippen molar-refractivity contribution >= 4 is 23.5 Å². The Morgan fingerprint density at radius 1 is 0.882 bits per heavy atom. The molecule has 0 radical (unpaired) electrons. The van der Waals surface area contributed by atoms with Gasteiger partial charge in [0, 0.05) is 11.1 Å². The second kappa shape index (κ2) is 3.97. The van der Waals surface area contributed by atoms with Crippen molar-refractivity contribution in [2.24, 2.45) is 0 Å². The van der Waals surface area contributed by atoms with E-state index in [2.05, 4.69) is 60.5 Å². The summed E-state index contributed by atoms with van der Waals surface area (Å²) in [5, 5.41) is 2.28. The summed E-state index contributed by atoms with van der Waals surface area (Å²) in [6, 6.07) is 18.7. The first-order valence-corrected chi connectivity index (χ1v) is 6.08. The number of para-hydroxylation sites is 2. The van der Waals surface area contributed by atoms with Gasteiger partial charge in [0.25, 0.3) is 0 Å². The van der Waals surface area contributed by atoms with Crippen LogP contribution in [0.5, 0.6) is 0 Å². The highest BCUT2D eigenvalue weighted by molar-refractivity contribution is 7.80. The van der Waals surface area contributed by atoms with Crippen LogP contribution in [0.3, 0.4) is 0 Å². The largest absolute Gasteiger partial charge is 0.304 e. The van der Waals surface area contributed by atoms with E-state index >= 15 is 0 Å². The van der Waals surface area contributed by atoms with Gasteiger partial charge in [0.15, 0.2) is 0 Å². The van der Waals surface area contributed by atoms with Gasteiger partial charge in [-0.25, -0.2) is 0 Å². The molecule has 0 unspecified atom stereocenters. The van der Waals surface area contributed by atoms with E-state index in [0.717, 1.165) is 10.7 Å². The van der Waals surface area contributed by atoms with Crippen molar-refractivity contribution in [3.8, 4) is 5.69 Å². The van der Waals surface area contributed by atoms with E-state index in [-0.39, 0.29) is 0 Å². The van der Waals surface area contributed by atoms with Crippen LogP contribution in [0.15, 0.2) is 59.6 Å². The molecule has 0 saturated heterocycles. The molecule has 0 N–H and O–H groups in total. The lowest BCUT2D eigenvalue weighted by Crippen LogP contribution is -1.93. The molecule has 0 saturated carbocycles. The van der Waals surface area contributed by atoms with E-state index in [4.69, 9.17) is 0 Å². The third-order valence-corrected chi connectivity index (χ3v) is 3.65. The lowest BCUT2D eigenvalue weighted by molar-refractivity contribution is 0.979. The van der Waals surface area contributed by atoms with Crippen molar-refractivity contribution in [3.05, 3.63) is 60.2 Å². The summed E-state index contributed by atoms with van der Waals surface area (Å²) in [7, 11) is 0. The maximum Gasteiger partial charge on any atom is 0.0804 e. The topological polar surface area (TPSA) is 4.93 Å². The van der Waals surface area contributed by atoms with Gasteiger partial charge < -0.3 is 4.57 Å². The minimum Gasteiger partial charge on any atom is -0.304 e. The Kier molecular flexibility index (Phi) is 2.45. The maximum atomic E-state index is 4.64. The van der Waals surface area contributed by atoms with E-state index < -0.39 is 0 Å². The molecule has 2 heteroatoms. The molecule has 2 aromatic carbocycles. The molecule has 3 aromatic rings. The predicted octanol–water partition coefficient (Wildman–Crippen LogP) is 4.23. The first kappa shape index (κ1) is 10.5. The first-order chi connectivity index (χ1) is 8.29. The highest BCUT2D eigenvalue weighted by Gasteiger charge is 2.11. The van der Waals surface area contributed by atoms with Crippen LogP contribution in [0.1, 0.15) is 5.56 Å². The number of nitrogens with zero attached hydrogens (tertiary/aromatic N) is 1. The van der Waals surface area contributed by atoms with Gasteiger partial charge in [-0.1, -0.05) is 36.4 Å². The molecule has 0 bridgehead atoms. The van der Waals surface area contributed by atoms with Gasteiger partial charge in [0.05, 0.1) is 10.5 Å². The van der Waals surface area contributed by atoms with Crippen LogP contribution in [0.2, 0.25) is 0 Å². The molecular weight excluding hydrogens is 226 g/mol. The summed E-state index contributed by atoms with van der Waals surface area (Å²) in [4.78, 5) is 0. The number of aromatic nitrogens is 1. The van der Waals surface area contributed by atoms with Crippen molar-refractivity contribution < 1.29 is 0 Å². The van der Waals surface area contributed by atoms with Crippen LogP contribution >= 0.6 is 12.6 Å². The Labute approximate surface area is 106 Å². The summed E-state index contributed by atoms with van der Waals surface area (Å²) < 4.78 is 2.19. The van der Waals surface area contributed by atoms with Crippen molar-refractivity contribution in [1.29, 1.82) is 0 Å². The van der Waals surface area contributed by atoms with Gasteiger partial charge in [0.1, 0.15) is 0 Å². The van der Waals surface area contributed by atoms with Gasteiger partial charge in [-0.15, -0.1) is 12.6 Å². The van der Waals surface area contributed by atoms with Crippen molar-refractivity contribution in [1.82, 2.24) is 4.57 Å². The third kappa shape index (κ3) is 1.56. The van der Waals surface area contributed by atoms with Gasteiger partial charge in [-0.2, -0.15) is 0 Å². The number of benzene rings is 2. The zero-order chi connectivity index (χ0) is 11.8. The number of hydrogen-bond donors (Lipinski definition) is 1. The first-order valence-electron chi connectivity index (χ1n) is 5.63. The molecule has 0 fully saturated rings. The zero-order valence-electron chi connectivity index (χ0n) is 9.59. The van der Waals surface area contributed by atoms with Crippen molar-refractivity contribution in [2.45, 2.75) is 11.9 Å². The van der Waals surface area contributed by atoms with Crippen molar-refractivity contribution in [2.75, 3.05) is 0 Å². The fourth-order valence-electron chi connectivity index (χ4n) is 2.23. The van der Waals surface area contributed by atoms with Crippen molar-refractivity contribution in [3.63, 3.8) is 0 Å². The standard InChI is InChI=1S/C15H13NS/c1-11-13-9-5-6-10-14(13)16(15(11)17)12-7-3-2-4-8-12/h2-10,17H,1H3. The zero-order valence-corrected chi connectivity index (χ0v) is 10.5. The Balaban J connectivity index is 2.41. The van der Waals surface area contributed by atoms with Crippen LogP contribution in [-0.2, 0) is 0 Å². The second-order valence-electron chi connectivity index (χ2n) is 4.14. The van der Waals surface area contributed by atoms with Crippen LogP contribution in [0.4, 0.5) is 0 Å². The van der Waals surface area contributed by atoms with Crippen LogP contribution in [0, 0.1) is 6.92 Å². The Bertz CT molecular complexity index is 668. The smallest absolute Gasteiger partial charge is 0.0804 e. The minimum atomic E-state index is 1.01. The molecule has 1 aromatic heterocycles. The van der Waals surface area contributed by atoms with E-state index in [1.165, 1.54) is 16.5 Å². The molecule has 1 nitrogen and oxygen atoms in total. The molecule has 0 spiro atoms. The van der Waals surface area contributed by atoms with Gasteiger partial charge in [0.2, 0.25) is 0 Å². The Morgan fingerprint density at radius 3 is 2.29 bits per heavy atom. The van der Waals surface area contributed by atoms with Crippen LogP contribution in [0.25, 0.3) is 16.6 Å². The molecule has 0 aliphatic carbocycles. The fourth-order valence-corrected chi connectivity index (χ4v) is 2.57. The molecule has 84 valence electrons. The summed E-state index contributed by atoms with van der Waals surface area (Å²) in [6.07, 6.45) is 0. The molecular formula is C15H13NS. The van der Waals surface area contributed by atoms with E-state index in [9.17, 15) is 0 Å². The summed E-state index contributed by atoms with van der Waals surface area (Å²) in [5.41, 5.74) is 3.59. The van der Waals surface area contributed by atoms with E-state index in [0.29, 0.717) is 0 Å². The highest BCUT2D eigenvalue weighted by atomic mass is 32.1. The predicted molar refractivity (Wildman–Crippen MR) is 75.3 cm³/mol. The average Bonchev–Trinajstić information content (AvgIpc) is 2.64. The van der Waals surface area contributed by atoms with Gasteiger partial charge in [-0.3, -0.25) is 0 Å². The number of hydrogen-bond acceptors (Lipinski definition) is 1. The lowest BCUT2D eigenvalue weighted by atomic mass is 10.2. The van der Waals surface area contributed by atoms with E-state index in [1.54, 1.807) is 0 Å². The summed E-state index contributed by atoms with van der Waals surface area (Å²) >= 11 is 4.64. The molecule has 0 aliphatic rings. The monoisotopic (exact) mass is 239 g/mol. The highest BCUT2D eigenvalue weighted by Crippen LogP contribution is 2.30. The Hall–Kier alpha value is -1.67. The Morgan fingerprint density at radius 2 is 1.53 bits per heavy atom. The van der Waals surface area contributed by atoms with E-state index in [1.807, 2.05) is 18.2 Å². The molecule has 0 atom stereocenters. The number of aryl methyl sites for hydroxylation is 1. The molecule has 0 amide bonds. The fraction of sp³-hybridized carbons (Fsp3) is 0.0667. The molecule has 0 aliphatic heterocycles. The lowest BCUT2D eigenvalue weighted by Gasteiger charge is -2.07. The second-order valence-corrected chi connectivity index (χ2v) is 4.56. The summed E-state index contributed by atoms with van der Waals surface area (Å²) in [5.74, 6) is 0. The number of fused-ring (bicyclic) bond motifs is 1. The van der Waals surface area contributed by atoms with Crippen LogP contribution in [-0.4, -0.2) is 4.57 Å². The molecule has 3 rings (SSSR count). The SMILES string of the molecule is Cc1c(S)n(-c2ccccc2)c2ccccc12. The normalized spacial score (nSPS) is 10.9. The number of thiol groups is 1.